The van der Waals surface area contributed by atoms with Crippen molar-refractivity contribution < 1.29 is 24.2 Å². The molecule has 0 spiro atoms. The van der Waals surface area contributed by atoms with Crippen LogP contribution in [0.1, 0.15) is 69.4 Å². The third-order valence-electron chi connectivity index (χ3n) is 7.55. The van der Waals surface area contributed by atoms with Crippen molar-refractivity contribution in [2.24, 2.45) is 5.92 Å². The SMILES string of the molecule is CCC(C)C(NC(=O)OCC1c2ccccc2-c2ccccc21)C(=O)NC1(CC(=O)O)CCCC1. The summed E-state index contributed by atoms with van der Waals surface area (Å²) >= 11 is 0. The number of carboxylic acids is 1. The van der Waals surface area contributed by atoms with Crippen LogP contribution in [0.4, 0.5) is 4.79 Å². The average molecular weight is 479 g/mol. The van der Waals surface area contributed by atoms with E-state index in [0.29, 0.717) is 19.3 Å². The number of nitrogens with one attached hydrogen (secondary N) is 2. The molecule has 2 unspecified atom stereocenters. The molecule has 4 rings (SSSR count). The smallest absolute Gasteiger partial charge is 0.407 e. The number of alkyl carbamates (subject to hydrolysis) is 1. The van der Waals surface area contributed by atoms with Crippen LogP contribution in [0.3, 0.4) is 0 Å². The van der Waals surface area contributed by atoms with Crippen LogP contribution in [-0.4, -0.2) is 41.3 Å². The van der Waals surface area contributed by atoms with Crippen LogP contribution in [0.25, 0.3) is 11.1 Å². The summed E-state index contributed by atoms with van der Waals surface area (Å²) in [7, 11) is 0. The number of rotatable bonds is 9. The molecule has 0 bridgehead atoms. The lowest BCUT2D eigenvalue weighted by Gasteiger charge is -2.32. The van der Waals surface area contributed by atoms with E-state index in [2.05, 4.69) is 34.9 Å². The van der Waals surface area contributed by atoms with Crippen LogP contribution >= 0.6 is 0 Å². The first-order valence-electron chi connectivity index (χ1n) is 12.5. The van der Waals surface area contributed by atoms with Crippen LogP contribution < -0.4 is 10.6 Å². The zero-order chi connectivity index (χ0) is 25.0. The van der Waals surface area contributed by atoms with Crippen molar-refractivity contribution in [1.29, 1.82) is 0 Å². The molecule has 7 nitrogen and oxygen atoms in total. The van der Waals surface area contributed by atoms with Crippen molar-refractivity contribution >= 4 is 18.0 Å². The van der Waals surface area contributed by atoms with E-state index in [-0.39, 0.29) is 30.8 Å². The van der Waals surface area contributed by atoms with E-state index >= 15 is 0 Å². The minimum Gasteiger partial charge on any atom is -0.481 e. The molecule has 35 heavy (non-hydrogen) atoms. The molecule has 2 aliphatic rings. The zero-order valence-electron chi connectivity index (χ0n) is 20.4. The summed E-state index contributed by atoms with van der Waals surface area (Å²) < 4.78 is 5.65. The summed E-state index contributed by atoms with van der Waals surface area (Å²) in [5.74, 6) is -1.49. The highest BCUT2D eigenvalue weighted by atomic mass is 16.5. The second-order valence-corrected chi connectivity index (χ2v) is 9.88. The van der Waals surface area contributed by atoms with Crippen LogP contribution in [0.5, 0.6) is 0 Å². The Hall–Kier alpha value is -3.35. The monoisotopic (exact) mass is 478 g/mol. The van der Waals surface area contributed by atoms with E-state index in [1.54, 1.807) is 0 Å². The van der Waals surface area contributed by atoms with Gasteiger partial charge in [-0.05, 0) is 41.0 Å². The second-order valence-electron chi connectivity index (χ2n) is 9.88. The third-order valence-corrected chi connectivity index (χ3v) is 7.55. The minimum atomic E-state index is -0.934. The fourth-order valence-electron chi connectivity index (χ4n) is 5.50. The topological polar surface area (TPSA) is 105 Å². The first-order chi connectivity index (χ1) is 16.8. The van der Waals surface area contributed by atoms with E-state index in [9.17, 15) is 19.5 Å². The van der Waals surface area contributed by atoms with Gasteiger partial charge >= 0.3 is 12.1 Å². The Kier molecular flexibility index (Phi) is 7.43. The van der Waals surface area contributed by atoms with Gasteiger partial charge in [0.1, 0.15) is 12.6 Å². The molecule has 0 radical (unpaired) electrons. The number of ether oxygens (including phenoxy) is 1. The van der Waals surface area contributed by atoms with Gasteiger partial charge in [0, 0.05) is 5.92 Å². The van der Waals surface area contributed by atoms with Gasteiger partial charge in [-0.15, -0.1) is 0 Å². The fraction of sp³-hybridized carbons (Fsp3) is 0.464. The lowest BCUT2D eigenvalue weighted by molar-refractivity contribution is -0.139. The number of hydrogen-bond acceptors (Lipinski definition) is 4. The van der Waals surface area contributed by atoms with Crippen molar-refractivity contribution in [3.63, 3.8) is 0 Å². The molecule has 2 amide bonds. The first kappa shape index (κ1) is 24.8. The molecule has 0 aromatic heterocycles. The average Bonchev–Trinajstić information content (AvgIpc) is 3.42. The lowest BCUT2D eigenvalue weighted by atomic mass is 9.91. The predicted octanol–water partition coefficient (Wildman–Crippen LogP) is 4.84. The molecule has 0 heterocycles. The standard InChI is InChI=1S/C28H34N2O5/c1-3-18(2)25(26(33)30-28(16-24(31)32)14-8-9-15-28)29-27(34)35-17-23-21-12-6-4-10-19(21)20-11-5-7-13-22(20)23/h4-7,10-13,18,23,25H,3,8-9,14-17H2,1-2H3,(H,29,34)(H,30,33)(H,31,32). The highest BCUT2D eigenvalue weighted by molar-refractivity contribution is 5.87. The molecule has 2 aromatic rings. The summed E-state index contributed by atoms with van der Waals surface area (Å²) in [4.78, 5) is 37.5. The Morgan fingerprint density at radius 3 is 2.14 bits per heavy atom. The number of amides is 2. The molecule has 2 aliphatic carbocycles. The molecule has 3 N–H and O–H groups in total. The summed E-state index contributed by atoms with van der Waals surface area (Å²) in [6.45, 7) is 4.01. The van der Waals surface area contributed by atoms with Crippen molar-refractivity contribution in [2.45, 2.75) is 69.9 Å². The highest BCUT2D eigenvalue weighted by Gasteiger charge is 2.40. The van der Waals surface area contributed by atoms with Crippen LogP contribution in [-0.2, 0) is 14.3 Å². The lowest BCUT2D eigenvalue weighted by Crippen LogP contribution is -2.57. The molecule has 2 atom stereocenters. The number of aliphatic carboxylic acids is 1. The normalized spacial score (nSPS) is 17.7. The summed E-state index contributed by atoms with van der Waals surface area (Å²) in [5, 5.41) is 15.1. The number of hydrogen-bond donors (Lipinski definition) is 3. The molecule has 2 aromatic carbocycles. The van der Waals surface area contributed by atoms with Gasteiger partial charge in [-0.1, -0.05) is 81.6 Å². The van der Waals surface area contributed by atoms with Gasteiger partial charge in [-0.25, -0.2) is 4.79 Å². The van der Waals surface area contributed by atoms with Gasteiger partial charge < -0.3 is 20.5 Å². The Labute approximate surface area is 206 Å². The Morgan fingerprint density at radius 2 is 1.60 bits per heavy atom. The first-order valence-corrected chi connectivity index (χ1v) is 12.5. The number of benzene rings is 2. The maximum Gasteiger partial charge on any atom is 0.407 e. The predicted molar refractivity (Wildman–Crippen MR) is 133 cm³/mol. The summed E-state index contributed by atoms with van der Waals surface area (Å²) in [6, 6.07) is 15.4. The minimum absolute atomic E-state index is 0.0682. The van der Waals surface area contributed by atoms with Crippen molar-refractivity contribution in [3.05, 3.63) is 59.7 Å². The van der Waals surface area contributed by atoms with Gasteiger partial charge in [0.25, 0.3) is 0 Å². The van der Waals surface area contributed by atoms with E-state index in [0.717, 1.165) is 35.1 Å². The number of fused-ring (bicyclic) bond motifs is 3. The van der Waals surface area contributed by atoms with Gasteiger partial charge in [0.05, 0.1) is 12.0 Å². The Balaban J connectivity index is 1.43. The van der Waals surface area contributed by atoms with Gasteiger partial charge in [-0.3, -0.25) is 9.59 Å². The van der Waals surface area contributed by atoms with Crippen molar-refractivity contribution in [1.82, 2.24) is 10.6 Å². The number of carboxylic acid groups (broad SMARTS) is 1. The van der Waals surface area contributed by atoms with E-state index in [1.807, 2.05) is 38.1 Å². The van der Waals surface area contributed by atoms with E-state index in [1.165, 1.54) is 0 Å². The zero-order valence-corrected chi connectivity index (χ0v) is 20.4. The molecule has 0 aliphatic heterocycles. The maximum atomic E-state index is 13.2. The molecular weight excluding hydrogens is 444 g/mol. The van der Waals surface area contributed by atoms with Gasteiger partial charge in [0.2, 0.25) is 5.91 Å². The number of carbonyl (C=O) groups excluding carboxylic acids is 2. The largest absolute Gasteiger partial charge is 0.481 e. The fourth-order valence-corrected chi connectivity index (χ4v) is 5.50. The molecule has 186 valence electrons. The number of carbonyl (C=O) groups is 3. The Bertz CT molecular complexity index is 1050. The van der Waals surface area contributed by atoms with E-state index in [4.69, 9.17) is 4.74 Å². The molecule has 1 saturated carbocycles. The molecule has 0 saturated heterocycles. The maximum absolute atomic E-state index is 13.2. The Morgan fingerprint density at radius 1 is 1.03 bits per heavy atom. The third kappa shape index (κ3) is 5.34. The molecule has 1 fully saturated rings. The van der Waals surface area contributed by atoms with Gasteiger partial charge in [0.15, 0.2) is 0 Å². The molecule has 7 heteroatoms. The summed E-state index contributed by atoms with van der Waals surface area (Å²) in [5.41, 5.74) is 3.78. The van der Waals surface area contributed by atoms with Crippen molar-refractivity contribution in [3.8, 4) is 11.1 Å². The quantitative estimate of drug-likeness (QED) is 0.478. The second kappa shape index (κ2) is 10.5. The highest BCUT2D eigenvalue weighted by Crippen LogP contribution is 2.44. The van der Waals surface area contributed by atoms with Crippen LogP contribution in [0.15, 0.2) is 48.5 Å². The summed E-state index contributed by atoms with van der Waals surface area (Å²) in [6.07, 6.45) is 2.92. The van der Waals surface area contributed by atoms with Gasteiger partial charge in [-0.2, -0.15) is 0 Å². The van der Waals surface area contributed by atoms with Crippen LogP contribution in [0, 0.1) is 5.92 Å². The van der Waals surface area contributed by atoms with Crippen molar-refractivity contribution in [2.75, 3.05) is 6.61 Å². The van der Waals surface area contributed by atoms with Crippen LogP contribution in [0.2, 0.25) is 0 Å². The van der Waals surface area contributed by atoms with E-state index < -0.39 is 23.6 Å². The molecular formula is C28H34N2O5.